The number of hydrogen-bond acceptors (Lipinski definition) is 0. The molecule has 0 aromatic heterocycles. The van der Waals surface area contributed by atoms with Crippen LogP contribution in [0.5, 0.6) is 0 Å². The van der Waals surface area contributed by atoms with Crippen molar-refractivity contribution in [2.75, 3.05) is 5.33 Å². The summed E-state index contributed by atoms with van der Waals surface area (Å²) in [6, 6.07) is 6.65. The smallest absolute Gasteiger partial charge is 0.00344 e. The molecule has 0 nitrogen and oxygen atoms in total. The molecule has 1 aromatic rings. The Balaban J connectivity index is 2.81. The summed E-state index contributed by atoms with van der Waals surface area (Å²) in [6.07, 6.45) is 3.58. The monoisotopic (exact) mass is 240 g/mol. The molecule has 1 heteroatoms. The average Bonchev–Trinajstić information content (AvgIpc) is 2.16. The van der Waals surface area contributed by atoms with Gasteiger partial charge in [-0.1, -0.05) is 41.1 Å². The molecule has 0 radical (unpaired) electrons. The lowest BCUT2D eigenvalue weighted by atomic mass is 9.98. The Labute approximate surface area is 89.5 Å². The molecule has 0 atom stereocenters. The molecule has 0 aliphatic heterocycles. The number of alkyl halides is 1. The highest BCUT2D eigenvalue weighted by atomic mass is 79.9. The third-order valence-corrected chi connectivity index (χ3v) is 3.08. The van der Waals surface area contributed by atoms with Crippen molar-refractivity contribution < 1.29 is 0 Å². The van der Waals surface area contributed by atoms with Crippen molar-refractivity contribution >= 4 is 15.9 Å². The van der Waals surface area contributed by atoms with Crippen molar-refractivity contribution in [1.82, 2.24) is 0 Å². The fourth-order valence-corrected chi connectivity index (χ4v) is 1.93. The van der Waals surface area contributed by atoms with E-state index in [2.05, 4.69) is 48.0 Å². The van der Waals surface area contributed by atoms with Gasteiger partial charge in [-0.15, -0.1) is 0 Å². The van der Waals surface area contributed by atoms with Crippen molar-refractivity contribution in [3.63, 3.8) is 0 Å². The molecule has 0 heterocycles. The minimum atomic E-state index is 1.10. The van der Waals surface area contributed by atoms with E-state index in [0.29, 0.717) is 0 Å². The molecule has 72 valence electrons. The van der Waals surface area contributed by atoms with E-state index >= 15 is 0 Å². The first kappa shape index (κ1) is 10.8. The normalized spacial score (nSPS) is 10.4. The Hall–Kier alpha value is -0.300. The van der Waals surface area contributed by atoms with Crippen LogP contribution in [0.2, 0.25) is 0 Å². The van der Waals surface area contributed by atoms with Crippen molar-refractivity contribution in [1.29, 1.82) is 0 Å². The maximum absolute atomic E-state index is 3.47. The maximum Gasteiger partial charge on any atom is 0.00344 e. The summed E-state index contributed by atoms with van der Waals surface area (Å²) >= 11 is 3.47. The summed E-state index contributed by atoms with van der Waals surface area (Å²) in [5, 5.41) is 1.10. The average molecular weight is 241 g/mol. The van der Waals surface area contributed by atoms with Gasteiger partial charge in [-0.25, -0.2) is 0 Å². The summed E-state index contributed by atoms with van der Waals surface area (Å²) in [5.74, 6) is 0. The van der Waals surface area contributed by atoms with Crippen molar-refractivity contribution in [2.45, 2.75) is 33.1 Å². The largest absolute Gasteiger partial charge is 0.0928 e. The van der Waals surface area contributed by atoms with Gasteiger partial charge in [-0.2, -0.15) is 0 Å². The van der Waals surface area contributed by atoms with Gasteiger partial charge in [0, 0.05) is 5.33 Å². The van der Waals surface area contributed by atoms with Gasteiger partial charge in [-0.05, 0) is 42.9 Å². The second-order valence-electron chi connectivity index (χ2n) is 3.35. The third-order valence-electron chi connectivity index (χ3n) is 2.52. The van der Waals surface area contributed by atoms with Crippen molar-refractivity contribution in [3.05, 3.63) is 34.9 Å². The van der Waals surface area contributed by atoms with E-state index in [9.17, 15) is 0 Å². The van der Waals surface area contributed by atoms with Crippen LogP contribution < -0.4 is 0 Å². The van der Waals surface area contributed by atoms with Gasteiger partial charge in [0.15, 0.2) is 0 Å². The van der Waals surface area contributed by atoms with Crippen LogP contribution in [-0.2, 0) is 12.8 Å². The van der Waals surface area contributed by atoms with E-state index in [1.165, 1.54) is 29.5 Å². The Morgan fingerprint density at radius 2 is 1.92 bits per heavy atom. The standard InChI is InChI=1S/C12H17Br/c1-3-11-6-4-7-12(10(11)2)8-5-9-13/h4,6-7H,3,5,8-9H2,1-2H3. The molecule has 0 bridgehead atoms. The van der Waals surface area contributed by atoms with Crippen LogP contribution in [0.25, 0.3) is 0 Å². The zero-order valence-electron chi connectivity index (χ0n) is 8.44. The molecule has 0 unspecified atom stereocenters. The quantitative estimate of drug-likeness (QED) is 0.701. The van der Waals surface area contributed by atoms with E-state index in [-0.39, 0.29) is 0 Å². The van der Waals surface area contributed by atoms with Gasteiger partial charge in [0.2, 0.25) is 0 Å². The molecule has 0 spiro atoms. The van der Waals surface area contributed by atoms with Gasteiger partial charge in [0.25, 0.3) is 0 Å². The van der Waals surface area contributed by atoms with Crippen LogP contribution in [0.15, 0.2) is 18.2 Å². The Morgan fingerprint density at radius 3 is 2.54 bits per heavy atom. The molecule has 1 rings (SSSR count). The molecule has 0 aliphatic carbocycles. The maximum atomic E-state index is 3.47. The lowest BCUT2D eigenvalue weighted by Gasteiger charge is -2.08. The third kappa shape index (κ3) is 2.84. The summed E-state index contributed by atoms with van der Waals surface area (Å²) in [4.78, 5) is 0. The fraction of sp³-hybridized carbons (Fsp3) is 0.500. The summed E-state index contributed by atoms with van der Waals surface area (Å²) in [7, 11) is 0. The molecule has 1 aromatic carbocycles. The van der Waals surface area contributed by atoms with Crippen LogP contribution in [0, 0.1) is 6.92 Å². The van der Waals surface area contributed by atoms with E-state index in [4.69, 9.17) is 0 Å². The van der Waals surface area contributed by atoms with Crippen LogP contribution in [0.4, 0.5) is 0 Å². The molecule has 0 saturated heterocycles. The van der Waals surface area contributed by atoms with E-state index in [1.807, 2.05) is 0 Å². The van der Waals surface area contributed by atoms with Crippen LogP contribution in [-0.4, -0.2) is 5.33 Å². The molecule has 0 amide bonds. The number of rotatable bonds is 4. The van der Waals surface area contributed by atoms with Crippen molar-refractivity contribution in [2.24, 2.45) is 0 Å². The molecular weight excluding hydrogens is 224 g/mol. The zero-order valence-corrected chi connectivity index (χ0v) is 10.0. The zero-order chi connectivity index (χ0) is 9.68. The molecular formula is C12H17Br. The first-order valence-electron chi connectivity index (χ1n) is 4.93. The van der Waals surface area contributed by atoms with E-state index < -0.39 is 0 Å². The van der Waals surface area contributed by atoms with Crippen molar-refractivity contribution in [3.8, 4) is 0 Å². The van der Waals surface area contributed by atoms with Gasteiger partial charge in [-0.3, -0.25) is 0 Å². The predicted octanol–water partition coefficient (Wildman–Crippen LogP) is 3.88. The Kier molecular flexibility index (Phi) is 4.51. The number of hydrogen-bond donors (Lipinski definition) is 0. The van der Waals surface area contributed by atoms with Gasteiger partial charge in [0.05, 0.1) is 0 Å². The van der Waals surface area contributed by atoms with Gasteiger partial charge < -0.3 is 0 Å². The number of halogens is 1. The minimum Gasteiger partial charge on any atom is -0.0928 e. The second-order valence-corrected chi connectivity index (χ2v) is 4.14. The second kappa shape index (κ2) is 5.43. The molecule has 0 N–H and O–H groups in total. The van der Waals surface area contributed by atoms with Gasteiger partial charge >= 0.3 is 0 Å². The van der Waals surface area contributed by atoms with Gasteiger partial charge in [0.1, 0.15) is 0 Å². The summed E-state index contributed by atoms with van der Waals surface area (Å²) in [6.45, 7) is 4.46. The molecule has 13 heavy (non-hydrogen) atoms. The highest BCUT2D eigenvalue weighted by molar-refractivity contribution is 9.09. The van der Waals surface area contributed by atoms with E-state index in [0.717, 1.165) is 11.8 Å². The Morgan fingerprint density at radius 1 is 1.23 bits per heavy atom. The molecule has 0 saturated carbocycles. The summed E-state index contributed by atoms with van der Waals surface area (Å²) in [5.41, 5.74) is 4.50. The van der Waals surface area contributed by atoms with Crippen LogP contribution in [0.3, 0.4) is 0 Å². The number of aryl methyl sites for hydroxylation is 2. The SMILES string of the molecule is CCc1cccc(CCCBr)c1C. The molecule has 0 fully saturated rings. The first-order chi connectivity index (χ1) is 6.29. The first-order valence-corrected chi connectivity index (χ1v) is 6.05. The predicted molar refractivity (Wildman–Crippen MR) is 62.7 cm³/mol. The Bertz CT molecular complexity index is 266. The van der Waals surface area contributed by atoms with Crippen LogP contribution in [0.1, 0.15) is 30.0 Å². The topological polar surface area (TPSA) is 0 Å². The van der Waals surface area contributed by atoms with Crippen LogP contribution >= 0.6 is 15.9 Å². The summed E-state index contributed by atoms with van der Waals surface area (Å²) < 4.78 is 0. The minimum absolute atomic E-state index is 1.10. The number of benzene rings is 1. The highest BCUT2D eigenvalue weighted by Gasteiger charge is 2.01. The highest BCUT2D eigenvalue weighted by Crippen LogP contribution is 2.16. The fourth-order valence-electron chi connectivity index (χ4n) is 1.65. The molecule has 0 aliphatic rings. The lowest BCUT2D eigenvalue weighted by Crippen LogP contribution is -1.94. The lowest BCUT2D eigenvalue weighted by molar-refractivity contribution is 0.920. The van der Waals surface area contributed by atoms with E-state index in [1.54, 1.807) is 0 Å².